The second-order valence-corrected chi connectivity index (χ2v) is 6.01. The molecule has 2 aromatic rings. The van der Waals surface area contributed by atoms with E-state index < -0.39 is 5.97 Å². The fourth-order valence-electron chi connectivity index (χ4n) is 2.21. The number of hydrogen-bond acceptors (Lipinski definition) is 5. The van der Waals surface area contributed by atoms with Gasteiger partial charge in [-0.3, -0.25) is 0 Å². The Kier molecular flexibility index (Phi) is 4.15. The van der Waals surface area contributed by atoms with Crippen molar-refractivity contribution in [1.29, 1.82) is 0 Å². The molecule has 3 rings (SSSR count). The van der Waals surface area contributed by atoms with E-state index in [1.807, 2.05) is 36.0 Å². The van der Waals surface area contributed by atoms with Crippen molar-refractivity contribution in [2.24, 2.45) is 0 Å². The third-order valence-corrected chi connectivity index (χ3v) is 4.48. The summed E-state index contributed by atoms with van der Waals surface area (Å²) in [5, 5.41) is 12.6. The minimum atomic E-state index is -1.12. The Balaban J connectivity index is 1.69. The molecule has 0 amide bonds. The third-order valence-electron chi connectivity index (χ3n) is 3.29. The summed E-state index contributed by atoms with van der Waals surface area (Å²) in [5.74, 6) is 1.80. The highest BCUT2D eigenvalue weighted by Gasteiger charge is 2.16. The third kappa shape index (κ3) is 3.39. The highest BCUT2D eigenvalue weighted by molar-refractivity contribution is 7.99. The van der Waals surface area contributed by atoms with Gasteiger partial charge in [-0.2, -0.15) is 11.8 Å². The monoisotopic (exact) mass is 305 g/mol. The molecular weight excluding hydrogens is 290 g/mol. The summed E-state index contributed by atoms with van der Waals surface area (Å²) in [4.78, 5) is 10.8. The molecule has 0 aliphatic carbocycles. The number of rotatable bonds is 4. The summed E-state index contributed by atoms with van der Waals surface area (Å²) in [6.45, 7) is 0. The van der Waals surface area contributed by atoms with Gasteiger partial charge in [0, 0.05) is 17.4 Å². The maximum absolute atomic E-state index is 10.8. The van der Waals surface area contributed by atoms with Crippen molar-refractivity contribution in [2.45, 2.75) is 18.9 Å². The standard InChI is InChI=1S/C15H15NO4S/c17-15(18)14-8-13(16-20-14)10-3-5-11(6-4-10)19-12-2-1-7-21-9-12/h3-6,8,12H,1-2,7,9H2,(H,17,18). The van der Waals surface area contributed by atoms with Crippen LogP contribution in [0.15, 0.2) is 34.9 Å². The Morgan fingerprint density at radius 3 is 2.81 bits per heavy atom. The van der Waals surface area contributed by atoms with Gasteiger partial charge >= 0.3 is 5.97 Å². The number of ether oxygens (including phenoxy) is 1. The van der Waals surface area contributed by atoms with Gasteiger partial charge in [-0.1, -0.05) is 5.16 Å². The zero-order valence-electron chi connectivity index (χ0n) is 11.3. The van der Waals surface area contributed by atoms with Crippen LogP contribution in [0.4, 0.5) is 0 Å². The highest BCUT2D eigenvalue weighted by atomic mass is 32.2. The van der Waals surface area contributed by atoms with Crippen molar-refractivity contribution in [2.75, 3.05) is 11.5 Å². The second-order valence-electron chi connectivity index (χ2n) is 4.86. The van der Waals surface area contributed by atoms with Crippen LogP contribution in [0, 0.1) is 0 Å². The van der Waals surface area contributed by atoms with Gasteiger partial charge in [-0.25, -0.2) is 4.79 Å². The molecule has 2 heterocycles. The van der Waals surface area contributed by atoms with E-state index in [0.29, 0.717) is 5.69 Å². The van der Waals surface area contributed by atoms with Gasteiger partial charge in [0.15, 0.2) is 0 Å². The molecule has 110 valence electrons. The smallest absolute Gasteiger partial charge is 0.374 e. The molecule has 0 saturated carbocycles. The van der Waals surface area contributed by atoms with E-state index in [-0.39, 0.29) is 11.9 Å². The van der Waals surface area contributed by atoms with Gasteiger partial charge in [0.1, 0.15) is 17.5 Å². The van der Waals surface area contributed by atoms with Crippen LogP contribution in [0.5, 0.6) is 5.75 Å². The lowest BCUT2D eigenvalue weighted by Crippen LogP contribution is -2.23. The Bertz CT molecular complexity index is 617. The predicted octanol–water partition coefficient (Wildman–Crippen LogP) is 3.31. The first-order chi connectivity index (χ1) is 10.2. The molecule has 1 saturated heterocycles. The SMILES string of the molecule is O=C(O)c1cc(-c2ccc(OC3CCCSC3)cc2)no1. The van der Waals surface area contributed by atoms with Crippen molar-refractivity contribution in [3.05, 3.63) is 36.1 Å². The Morgan fingerprint density at radius 1 is 1.38 bits per heavy atom. The summed E-state index contributed by atoms with van der Waals surface area (Å²) in [6.07, 6.45) is 2.57. The van der Waals surface area contributed by atoms with E-state index in [0.717, 1.165) is 23.5 Å². The van der Waals surface area contributed by atoms with Crippen LogP contribution in [0.2, 0.25) is 0 Å². The first-order valence-corrected chi connectivity index (χ1v) is 7.93. The number of nitrogens with zero attached hydrogens (tertiary/aromatic N) is 1. The molecule has 0 bridgehead atoms. The van der Waals surface area contributed by atoms with E-state index >= 15 is 0 Å². The summed E-state index contributed by atoms with van der Waals surface area (Å²) in [6, 6.07) is 8.88. The number of carboxylic acids is 1. The Morgan fingerprint density at radius 2 is 2.19 bits per heavy atom. The zero-order chi connectivity index (χ0) is 14.7. The summed E-state index contributed by atoms with van der Waals surface area (Å²) in [5.41, 5.74) is 1.31. The average Bonchev–Trinajstić information content (AvgIpc) is 2.99. The van der Waals surface area contributed by atoms with E-state index in [2.05, 4.69) is 5.16 Å². The van der Waals surface area contributed by atoms with Crippen molar-refractivity contribution >= 4 is 17.7 Å². The summed E-state index contributed by atoms with van der Waals surface area (Å²) in [7, 11) is 0. The van der Waals surface area contributed by atoms with Crippen LogP contribution >= 0.6 is 11.8 Å². The summed E-state index contributed by atoms with van der Waals surface area (Å²) >= 11 is 1.92. The minimum absolute atomic E-state index is 0.162. The summed E-state index contributed by atoms with van der Waals surface area (Å²) < 4.78 is 10.7. The molecule has 1 aliphatic heterocycles. The molecule has 0 spiro atoms. The number of carbonyl (C=O) groups is 1. The minimum Gasteiger partial charge on any atom is -0.490 e. The Labute approximate surface area is 126 Å². The normalized spacial score (nSPS) is 18.4. The van der Waals surface area contributed by atoms with E-state index in [4.69, 9.17) is 14.4 Å². The number of aromatic nitrogens is 1. The van der Waals surface area contributed by atoms with Crippen molar-refractivity contribution < 1.29 is 19.2 Å². The lowest BCUT2D eigenvalue weighted by atomic mass is 10.1. The zero-order valence-corrected chi connectivity index (χ0v) is 12.1. The van der Waals surface area contributed by atoms with Crippen LogP contribution < -0.4 is 4.74 Å². The number of aromatic carboxylic acids is 1. The van der Waals surface area contributed by atoms with Crippen molar-refractivity contribution in [3.8, 4) is 17.0 Å². The number of benzene rings is 1. The van der Waals surface area contributed by atoms with E-state index in [1.54, 1.807) is 0 Å². The van der Waals surface area contributed by atoms with Gasteiger partial charge in [0.25, 0.3) is 0 Å². The molecule has 0 radical (unpaired) electrons. The van der Waals surface area contributed by atoms with Crippen molar-refractivity contribution in [3.63, 3.8) is 0 Å². The molecular formula is C15H15NO4S. The number of hydrogen-bond donors (Lipinski definition) is 1. The molecule has 6 heteroatoms. The van der Waals surface area contributed by atoms with Crippen LogP contribution in [0.3, 0.4) is 0 Å². The molecule has 1 unspecified atom stereocenters. The largest absolute Gasteiger partial charge is 0.490 e. The molecule has 5 nitrogen and oxygen atoms in total. The highest BCUT2D eigenvalue weighted by Crippen LogP contribution is 2.25. The average molecular weight is 305 g/mol. The molecule has 1 aliphatic rings. The van der Waals surface area contributed by atoms with Gasteiger partial charge in [-0.15, -0.1) is 0 Å². The number of carboxylic acid groups (broad SMARTS) is 1. The maximum atomic E-state index is 10.8. The van der Waals surface area contributed by atoms with Gasteiger partial charge in [0.2, 0.25) is 5.76 Å². The fraction of sp³-hybridized carbons (Fsp3) is 0.333. The van der Waals surface area contributed by atoms with Gasteiger partial charge < -0.3 is 14.4 Å². The maximum Gasteiger partial charge on any atom is 0.374 e. The van der Waals surface area contributed by atoms with E-state index in [1.165, 1.54) is 18.2 Å². The van der Waals surface area contributed by atoms with Crippen LogP contribution in [-0.4, -0.2) is 33.8 Å². The second kappa shape index (κ2) is 6.22. The number of thioether (sulfide) groups is 1. The molecule has 1 atom stereocenters. The first kappa shape index (κ1) is 14.0. The molecule has 1 aromatic heterocycles. The molecule has 1 N–H and O–H groups in total. The van der Waals surface area contributed by atoms with Crippen LogP contribution in [-0.2, 0) is 0 Å². The van der Waals surface area contributed by atoms with Crippen LogP contribution in [0.25, 0.3) is 11.3 Å². The van der Waals surface area contributed by atoms with Crippen LogP contribution in [0.1, 0.15) is 23.4 Å². The molecule has 1 aromatic carbocycles. The first-order valence-electron chi connectivity index (χ1n) is 6.77. The topological polar surface area (TPSA) is 72.6 Å². The van der Waals surface area contributed by atoms with E-state index in [9.17, 15) is 4.79 Å². The predicted molar refractivity (Wildman–Crippen MR) is 79.9 cm³/mol. The van der Waals surface area contributed by atoms with Gasteiger partial charge in [-0.05, 0) is 42.9 Å². The lowest BCUT2D eigenvalue weighted by molar-refractivity contribution is 0.0652. The molecule has 21 heavy (non-hydrogen) atoms. The Hall–Kier alpha value is -1.95. The fourth-order valence-corrected chi connectivity index (χ4v) is 3.25. The quantitative estimate of drug-likeness (QED) is 0.934. The van der Waals surface area contributed by atoms with Gasteiger partial charge in [0.05, 0.1) is 0 Å². The van der Waals surface area contributed by atoms with Crippen molar-refractivity contribution in [1.82, 2.24) is 5.16 Å². The molecule has 1 fully saturated rings. The lowest BCUT2D eigenvalue weighted by Gasteiger charge is -2.22.